The SMILES string of the molecule is O=C1OC(CN2CCC(O)CC2)CC12CCN(CCc1ccc(Cl)cc1)CC2. The molecule has 1 spiro atoms. The van der Waals surface area contributed by atoms with Gasteiger partial charge in [0.05, 0.1) is 11.5 Å². The molecule has 6 heteroatoms. The minimum atomic E-state index is -0.267. The van der Waals surface area contributed by atoms with Gasteiger partial charge in [0.2, 0.25) is 0 Å². The largest absolute Gasteiger partial charge is 0.461 e. The van der Waals surface area contributed by atoms with Crippen LogP contribution >= 0.6 is 11.6 Å². The number of piperidine rings is 2. The van der Waals surface area contributed by atoms with Crippen molar-refractivity contribution in [3.8, 4) is 0 Å². The molecular weight excluding hydrogens is 376 g/mol. The molecule has 0 aliphatic carbocycles. The first-order chi connectivity index (χ1) is 13.5. The van der Waals surface area contributed by atoms with Crippen LogP contribution in [-0.4, -0.2) is 72.4 Å². The van der Waals surface area contributed by atoms with Crippen LogP contribution in [0.15, 0.2) is 24.3 Å². The molecule has 5 nitrogen and oxygen atoms in total. The van der Waals surface area contributed by atoms with Crippen LogP contribution in [0.5, 0.6) is 0 Å². The van der Waals surface area contributed by atoms with E-state index in [1.54, 1.807) is 0 Å². The smallest absolute Gasteiger partial charge is 0.312 e. The number of nitrogens with zero attached hydrogens (tertiary/aromatic N) is 2. The van der Waals surface area contributed by atoms with E-state index in [1.807, 2.05) is 12.1 Å². The number of hydrogen-bond acceptors (Lipinski definition) is 5. The van der Waals surface area contributed by atoms with Crippen molar-refractivity contribution < 1.29 is 14.6 Å². The minimum Gasteiger partial charge on any atom is -0.461 e. The van der Waals surface area contributed by atoms with E-state index in [0.29, 0.717) is 0 Å². The van der Waals surface area contributed by atoms with Crippen molar-refractivity contribution in [2.45, 2.75) is 50.7 Å². The van der Waals surface area contributed by atoms with Gasteiger partial charge in [-0.25, -0.2) is 0 Å². The number of benzene rings is 1. The Hall–Kier alpha value is -1.14. The van der Waals surface area contributed by atoms with E-state index >= 15 is 0 Å². The Balaban J connectivity index is 1.24. The van der Waals surface area contributed by atoms with Gasteiger partial charge in [-0.3, -0.25) is 9.69 Å². The predicted molar refractivity (Wildman–Crippen MR) is 109 cm³/mol. The van der Waals surface area contributed by atoms with Crippen molar-refractivity contribution in [1.29, 1.82) is 0 Å². The van der Waals surface area contributed by atoms with Crippen LogP contribution < -0.4 is 0 Å². The molecule has 1 aromatic rings. The highest BCUT2D eigenvalue weighted by molar-refractivity contribution is 6.30. The number of likely N-dealkylation sites (tertiary alicyclic amines) is 2. The number of cyclic esters (lactones) is 1. The summed E-state index contributed by atoms with van der Waals surface area (Å²) < 4.78 is 5.79. The molecule has 28 heavy (non-hydrogen) atoms. The normalized spacial score (nSPS) is 26.6. The van der Waals surface area contributed by atoms with E-state index in [1.165, 1.54) is 5.56 Å². The lowest BCUT2D eigenvalue weighted by molar-refractivity contribution is -0.151. The standard InChI is InChI=1S/C22H31ClN2O3/c23-18-3-1-17(2-4-18)5-10-24-13-8-22(9-14-24)15-20(28-21(22)27)16-25-11-6-19(26)7-12-25/h1-4,19-20,26H,5-16H2. The molecule has 0 saturated carbocycles. The molecule has 3 heterocycles. The summed E-state index contributed by atoms with van der Waals surface area (Å²) in [5, 5.41) is 10.4. The van der Waals surface area contributed by atoms with Gasteiger partial charge in [0, 0.05) is 37.6 Å². The zero-order valence-electron chi connectivity index (χ0n) is 16.5. The lowest BCUT2D eigenvalue weighted by Gasteiger charge is -2.36. The van der Waals surface area contributed by atoms with Crippen LogP contribution in [0.3, 0.4) is 0 Å². The molecule has 0 amide bonds. The van der Waals surface area contributed by atoms with Crippen LogP contribution in [0, 0.1) is 5.41 Å². The van der Waals surface area contributed by atoms with Gasteiger partial charge in [0.1, 0.15) is 6.10 Å². The molecule has 3 aliphatic heterocycles. The van der Waals surface area contributed by atoms with E-state index in [2.05, 4.69) is 21.9 Å². The first-order valence-electron chi connectivity index (χ1n) is 10.6. The monoisotopic (exact) mass is 406 g/mol. The Labute approximate surface area is 172 Å². The molecule has 154 valence electrons. The lowest BCUT2D eigenvalue weighted by atomic mass is 9.76. The second-order valence-corrected chi connectivity index (χ2v) is 9.20. The highest BCUT2D eigenvalue weighted by Crippen LogP contribution is 2.43. The molecule has 0 aromatic heterocycles. The first kappa shape index (κ1) is 20.1. The van der Waals surface area contributed by atoms with Crippen LogP contribution in [0.25, 0.3) is 0 Å². The van der Waals surface area contributed by atoms with Crippen LogP contribution in [0.4, 0.5) is 0 Å². The number of aliphatic hydroxyl groups is 1. The summed E-state index contributed by atoms with van der Waals surface area (Å²) in [4.78, 5) is 17.5. The van der Waals surface area contributed by atoms with E-state index in [9.17, 15) is 9.90 Å². The molecular formula is C22H31ClN2O3. The van der Waals surface area contributed by atoms with Gasteiger partial charge in [-0.2, -0.15) is 0 Å². The van der Waals surface area contributed by atoms with Crippen LogP contribution in [0.2, 0.25) is 5.02 Å². The Morgan fingerprint density at radius 1 is 1.07 bits per heavy atom. The summed E-state index contributed by atoms with van der Waals surface area (Å²) in [5.74, 6) is 0.0203. The summed E-state index contributed by atoms with van der Waals surface area (Å²) in [7, 11) is 0. The Bertz CT molecular complexity index is 665. The third-order valence-electron chi connectivity index (χ3n) is 6.79. The third-order valence-corrected chi connectivity index (χ3v) is 7.04. The van der Waals surface area contributed by atoms with Gasteiger partial charge in [-0.05, 0) is 62.9 Å². The third kappa shape index (κ3) is 4.70. The average Bonchev–Trinajstić information content (AvgIpc) is 2.99. The number of halogens is 1. The molecule has 1 unspecified atom stereocenters. The fraction of sp³-hybridized carbons (Fsp3) is 0.682. The van der Waals surface area contributed by atoms with Gasteiger partial charge < -0.3 is 14.7 Å². The maximum absolute atomic E-state index is 12.7. The molecule has 4 rings (SSSR count). The summed E-state index contributed by atoms with van der Waals surface area (Å²) in [6.45, 7) is 5.57. The summed E-state index contributed by atoms with van der Waals surface area (Å²) >= 11 is 5.95. The molecule has 1 N–H and O–H groups in total. The van der Waals surface area contributed by atoms with Gasteiger partial charge >= 0.3 is 5.97 Å². The summed E-state index contributed by atoms with van der Waals surface area (Å²) in [6, 6.07) is 8.07. The van der Waals surface area contributed by atoms with E-state index in [0.717, 1.165) is 82.8 Å². The van der Waals surface area contributed by atoms with E-state index < -0.39 is 0 Å². The Morgan fingerprint density at radius 3 is 2.43 bits per heavy atom. The number of ether oxygens (including phenoxy) is 1. The van der Waals surface area contributed by atoms with Crippen LogP contribution in [-0.2, 0) is 16.0 Å². The number of carbonyl (C=O) groups excluding carboxylic acids is 1. The highest BCUT2D eigenvalue weighted by Gasteiger charge is 2.50. The van der Waals surface area contributed by atoms with Crippen molar-refractivity contribution >= 4 is 17.6 Å². The zero-order valence-corrected chi connectivity index (χ0v) is 17.2. The quantitative estimate of drug-likeness (QED) is 0.762. The summed E-state index contributed by atoms with van der Waals surface area (Å²) in [6.07, 6.45) is 5.19. The molecule has 0 radical (unpaired) electrons. The second-order valence-electron chi connectivity index (χ2n) is 8.76. The highest BCUT2D eigenvalue weighted by atomic mass is 35.5. The zero-order chi connectivity index (χ0) is 19.6. The number of esters is 1. The Kier molecular flexibility index (Phi) is 6.26. The molecule has 1 aromatic carbocycles. The Morgan fingerprint density at radius 2 is 1.75 bits per heavy atom. The van der Waals surface area contributed by atoms with Gasteiger partial charge in [-0.15, -0.1) is 0 Å². The maximum atomic E-state index is 12.7. The molecule has 3 aliphatic rings. The fourth-order valence-electron chi connectivity index (χ4n) is 4.88. The lowest BCUT2D eigenvalue weighted by Crippen LogP contribution is -2.43. The van der Waals surface area contributed by atoms with Gasteiger partial charge in [0.25, 0.3) is 0 Å². The molecule has 3 saturated heterocycles. The molecule has 0 bridgehead atoms. The average molecular weight is 407 g/mol. The van der Waals surface area contributed by atoms with Crippen molar-refractivity contribution in [2.24, 2.45) is 5.41 Å². The number of rotatable bonds is 5. The van der Waals surface area contributed by atoms with E-state index in [-0.39, 0.29) is 23.6 Å². The number of carbonyl (C=O) groups is 1. The number of hydrogen-bond donors (Lipinski definition) is 1. The first-order valence-corrected chi connectivity index (χ1v) is 11.0. The fourth-order valence-corrected chi connectivity index (χ4v) is 5.01. The van der Waals surface area contributed by atoms with Crippen molar-refractivity contribution in [3.63, 3.8) is 0 Å². The topological polar surface area (TPSA) is 53.0 Å². The minimum absolute atomic E-state index is 0.0170. The molecule has 3 fully saturated rings. The maximum Gasteiger partial charge on any atom is 0.312 e. The predicted octanol–water partition coefficient (Wildman–Crippen LogP) is 2.74. The van der Waals surface area contributed by atoms with Crippen molar-refractivity contribution in [2.75, 3.05) is 39.3 Å². The van der Waals surface area contributed by atoms with Crippen LogP contribution in [0.1, 0.15) is 37.7 Å². The van der Waals surface area contributed by atoms with E-state index in [4.69, 9.17) is 16.3 Å². The second kappa shape index (κ2) is 8.70. The number of aliphatic hydroxyl groups excluding tert-OH is 1. The van der Waals surface area contributed by atoms with Crippen molar-refractivity contribution in [1.82, 2.24) is 9.80 Å². The summed E-state index contributed by atoms with van der Waals surface area (Å²) in [5.41, 5.74) is 1.04. The van der Waals surface area contributed by atoms with Gasteiger partial charge in [-0.1, -0.05) is 23.7 Å². The van der Waals surface area contributed by atoms with Gasteiger partial charge in [0.15, 0.2) is 0 Å². The van der Waals surface area contributed by atoms with Crippen molar-refractivity contribution in [3.05, 3.63) is 34.9 Å². The molecule has 1 atom stereocenters.